The van der Waals surface area contributed by atoms with Crippen LogP contribution in [0.25, 0.3) is 11.0 Å². The molecule has 0 aliphatic heterocycles. The molecule has 35 heavy (non-hydrogen) atoms. The Hall–Kier alpha value is -3.73. The molecule has 1 N–H and O–H groups in total. The van der Waals surface area contributed by atoms with E-state index in [1.54, 1.807) is 40.4 Å². The summed E-state index contributed by atoms with van der Waals surface area (Å²) in [4.78, 5) is 4.51. The summed E-state index contributed by atoms with van der Waals surface area (Å²) in [6.07, 6.45) is -9.38. The maximum Gasteiger partial charge on any atom is 0.573 e. The Bertz CT molecular complexity index is 1400. The zero-order valence-electron chi connectivity index (χ0n) is 18.2. The lowest BCUT2D eigenvalue weighted by Crippen LogP contribution is -2.24. The van der Waals surface area contributed by atoms with Crippen LogP contribution >= 0.6 is 0 Å². The van der Waals surface area contributed by atoms with Crippen LogP contribution in [0.2, 0.25) is 0 Å². The number of ether oxygens (including phenoxy) is 1. The summed E-state index contributed by atoms with van der Waals surface area (Å²) in [6.45, 7) is 0.0176. The first kappa shape index (κ1) is 24.4. The van der Waals surface area contributed by atoms with Gasteiger partial charge < -0.3 is 19.0 Å². The number of aliphatic hydroxyl groups is 1. The van der Waals surface area contributed by atoms with Gasteiger partial charge in [-0.05, 0) is 53.6 Å². The van der Waals surface area contributed by atoms with E-state index in [9.17, 15) is 31.4 Å². The van der Waals surface area contributed by atoms with Gasteiger partial charge in [0.25, 0.3) is 0 Å². The summed E-state index contributed by atoms with van der Waals surface area (Å²) in [5.74, 6) is -0.417. The standard InChI is InChI=1S/C24H19F6N3O2/c1-32-20-11-6-17(23(25,26)27)12-21(20)33(13-15-2-4-16(14-34)5-3-15)22(32)31-18-7-9-19(10-8-18)35-24(28,29)30/h2-12,34H,13-14H2,1H3. The molecule has 0 bridgehead atoms. The van der Waals surface area contributed by atoms with E-state index < -0.39 is 23.9 Å². The maximum atomic E-state index is 13.4. The highest BCUT2D eigenvalue weighted by Crippen LogP contribution is 2.31. The molecular formula is C24H19F6N3O2. The molecule has 0 saturated heterocycles. The van der Waals surface area contributed by atoms with Crippen LogP contribution in [0.1, 0.15) is 16.7 Å². The minimum atomic E-state index is -4.83. The van der Waals surface area contributed by atoms with Crippen LogP contribution in [0, 0.1) is 0 Å². The van der Waals surface area contributed by atoms with Gasteiger partial charge in [-0.3, -0.25) is 0 Å². The van der Waals surface area contributed by atoms with E-state index in [1.165, 1.54) is 18.2 Å². The number of aromatic nitrogens is 2. The van der Waals surface area contributed by atoms with E-state index >= 15 is 0 Å². The van der Waals surface area contributed by atoms with Crippen molar-refractivity contribution in [2.75, 3.05) is 0 Å². The number of aliphatic hydroxyl groups excluding tert-OH is 1. The third-order valence-corrected chi connectivity index (χ3v) is 5.34. The van der Waals surface area contributed by atoms with Crippen LogP contribution < -0.4 is 10.4 Å². The number of imidazole rings is 1. The van der Waals surface area contributed by atoms with E-state index in [1.807, 2.05) is 0 Å². The van der Waals surface area contributed by atoms with E-state index in [-0.39, 0.29) is 30.0 Å². The number of hydrogen-bond donors (Lipinski definition) is 1. The quantitative estimate of drug-likeness (QED) is 0.363. The molecule has 0 spiro atoms. The molecule has 0 radical (unpaired) electrons. The van der Waals surface area contributed by atoms with Gasteiger partial charge in [-0.1, -0.05) is 24.3 Å². The molecule has 0 unspecified atom stereocenters. The Kier molecular flexibility index (Phi) is 6.37. The largest absolute Gasteiger partial charge is 0.573 e. The van der Waals surface area contributed by atoms with Gasteiger partial charge in [0.1, 0.15) is 5.75 Å². The Labute approximate surface area is 195 Å². The monoisotopic (exact) mass is 495 g/mol. The fourth-order valence-corrected chi connectivity index (χ4v) is 3.66. The lowest BCUT2D eigenvalue weighted by Gasteiger charge is -2.09. The Morgan fingerprint density at radius 2 is 1.46 bits per heavy atom. The summed E-state index contributed by atoms with van der Waals surface area (Å²) in [5.41, 5.74) is 1.95. The molecule has 4 rings (SSSR count). The van der Waals surface area contributed by atoms with Gasteiger partial charge in [-0.2, -0.15) is 13.2 Å². The molecule has 4 aromatic rings. The lowest BCUT2D eigenvalue weighted by atomic mass is 10.1. The van der Waals surface area contributed by atoms with Crippen LogP contribution in [-0.2, 0) is 26.4 Å². The van der Waals surface area contributed by atoms with Gasteiger partial charge in [0.05, 0.1) is 35.4 Å². The van der Waals surface area contributed by atoms with Crippen molar-refractivity contribution >= 4 is 16.7 Å². The molecule has 0 atom stereocenters. The van der Waals surface area contributed by atoms with Crippen molar-refractivity contribution in [3.8, 4) is 5.75 Å². The number of hydrogen-bond acceptors (Lipinski definition) is 3. The second-order valence-electron chi connectivity index (χ2n) is 7.77. The fraction of sp³-hybridized carbons (Fsp3) is 0.208. The van der Waals surface area contributed by atoms with Crippen molar-refractivity contribution in [1.29, 1.82) is 0 Å². The van der Waals surface area contributed by atoms with Crippen LogP contribution in [0.15, 0.2) is 71.7 Å². The predicted molar refractivity (Wildman–Crippen MR) is 116 cm³/mol. The molecule has 11 heteroatoms. The molecular weight excluding hydrogens is 476 g/mol. The molecule has 3 aromatic carbocycles. The average molecular weight is 495 g/mol. The van der Waals surface area contributed by atoms with E-state index in [2.05, 4.69) is 9.73 Å². The molecule has 184 valence electrons. The first-order valence-electron chi connectivity index (χ1n) is 10.3. The number of rotatable bonds is 5. The number of fused-ring (bicyclic) bond motifs is 1. The first-order valence-corrected chi connectivity index (χ1v) is 10.3. The van der Waals surface area contributed by atoms with Crippen LogP contribution in [0.4, 0.5) is 32.0 Å². The molecule has 0 saturated carbocycles. The van der Waals surface area contributed by atoms with Gasteiger partial charge in [-0.25, -0.2) is 4.99 Å². The topological polar surface area (TPSA) is 51.7 Å². The molecule has 1 aromatic heterocycles. The van der Waals surface area contributed by atoms with Crippen LogP contribution in [0.5, 0.6) is 5.75 Å². The van der Waals surface area contributed by atoms with Crippen molar-refractivity contribution in [2.45, 2.75) is 25.7 Å². The van der Waals surface area contributed by atoms with Crippen LogP contribution in [-0.4, -0.2) is 20.6 Å². The number of alkyl halides is 6. The normalized spacial score (nSPS) is 13.0. The summed E-state index contributed by atoms with van der Waals surface area (Å²) < 4.78 is 84.6. The zero-order chi connectivity index (χ0) is 25.4. The third kappa shape index (κ3) is 5.51. The number of aryl methyl sites for hydroxylation is 1. The van der Waals surface area contributed by atoms with E-state index in [4.69, 9.17) is 0 Å². The number of nitrogens with zero attached hydrogens (tertiary/aromatic N) is 3. The van der Waals surface area contributed by atoms with Gasteiger partial charge >= 0.3 is 12.5 Å². The Balaban J connectivity index is 1.86. The Morgan fingerprint density at radius 1 is 0.829 bits per heavy atom. The summed E-state index contributed by atoms with van der Waals surface area (Å²) in [6, 6.07) is 15.1. The average Bonchev–Trinajstić information content (AvgIpc) is 3.04. The minimum absolute atomic E-state index is 0.148. The summed E-state index contributed by atoms with van der Waals surface area (Å²) >= 11 is 0. The second-order valence-corrected chi connectivity index (χ2v) is 7.77. The van der Waals surface area contributed by atoms with Crippen LogP contribution in [0.3, 0.4) is 0 Å². The molecule has 0 fully saturated rings. The smallest absolute Gasteiger partial charge is 0.406 e. The molecule has 0 aliphatic rings. The highest BCUT2D eigenvalue weighted by molar-refractivity contribution is 5.77. The Morgan fingerprint density at radius 3 is 2.03 bits per heavy atom. The van der Waals surface area contributed by atoms with Gasteiger partial charge in [0.15, 0.2) is 0 Å². The summed E-state index contributed by atoms with van der Waals surface area (Å²) in [5, 5.41) is 9.26. The van der Waals surface area contributed by atoms with Crippen molar-refractivity contribution in [2.24, 2.45) is 12.0 Å². The van der Waals surface area contributed by atoms with Crippen molar-refractivity contribution in [3.63, 3.8) is 0 Å². The van der Waals surface area contributed by atoms with E-state index in [0.717, 1.165) is 29.8 Å². The minimum Gasteiger partial charge on any atom is -0.406 e. The maximum absolute atomic E-state index is 13.4. The fourth-order valence-electron chi connectivity index (χ4n) is 3.66. The lowest BCUT2D eigenvalue weighted by molar-refractivity contribution is -0.274. The highest BCUT2D eigenvalue weighted by Gasteiger charge is 2.32. The number of benzene rings is 3. The van der Waals surface area contributed by atoms with Gasteiger partial charge in [-0.15, -0.1) is 13.2 Å². The zero-order valence-corrected chi connectivity index (χ0v) is 18.2. The highest BCUT2D eigenvalue weighted by atomic mass is 19.4. The predicted octanol–water partition coefficient (Wildman–Crippen LogP) is 5.67. The summed E-state index contributed by atoms with van der Waals surface area (Å²) in [7, 11) is 1.64. The van der Waals surface area contributed by atoms with Crippen molar-refractivity contribution < 1.29 is 36.2 Å². The number of halogens is 6. The molecule has 0 amide bonds. The molecule has 5 nitrogen and oxygen atoms in total. The first-order chi connectivity index (χ1) is 16.4. The van der Waals surface area contributed by atoms with E-state index in [0.29, 0.717) is 11.1 Å². The van der Waals surface area contributed by atoms with Crippen molar-refractivity contribution in [1.82, 2.24) is 9.13 Å². The second kappa shape index (κ2) is 9.14. The third-order valence-electron chi connectivity index (χ3n) is 5.34. The SMILES string of the molecule is Cn1c(=Nc2ccc(OC(F)(F)F)cc2)n(Cc2ccc(CO)cc2)c2cc(C(F)(F)F)ccc21. The van der Waals surface area contributed by atoms with Gasteiger partial charge in [0.2, 0.25) is 5.62 Å². The molecule has 1 heterocycles. The van der Waals surface area contributed by atoms with Crippen molar-refractivity contribution in [3.05, 3.63) is 89.0 Å². The molecule has 0 aliphatic carbocycles. The van der Waals surface area contributed by atoms with Gasteiger partial charge in [0, 0.05) is 7.05 Å².